The Morgan fingerprint density at radius 2 is 1.53 bits per heavy atom. The maximum atomic E-state index is 9.57. The summed E-state index contributed by atoms with van der Waals surface area (Å²) >= 11 is 0. The van der Waals surface area contributed by atoms with Crippen LogP contribution in [-0.4, -0.2) is 9.55 Å². The summed E-state index contributed by atoms with van der Waals surface area (Å²) in [6.45, 7) is 6.49. The Kier molecular flexibility index (Phi) is 5.61. The van der Waals surface area contributed by atoms with Crippen LogP contribution >= 0.6 is 0 Å². The molecule has 4 nitrogen and oxygen atoms in total. The molecule has 0 fully saturated rings. The Balaban J connectivity index is 1.61. The van der Waals surface area contributed by atoms with Gasteiger partial charge in [-0.25, -0.2) is 4.98 Å². The minimum atomic E-state index is -2.37. The van der Waals surface area contributed by atoms with Crippen molar-refractivity contribution in [2.24, 2.45) is 0 Å². The molecule has 5 aromatic carbocycles. The molecule has 0 bridgehead atoms. The Morgan fingerprint density at radius 1 is 0.814 bits per heavy atom. The van der Waals surface area contributed by atoms with Gasteiger partial charge in [-0.15, -0.1) is 0 Å². The zero-order valence-electron chi connectivity index (χ0n) is 27.6. The first-order chi connectivity index (χ1) is 22.1. The van der Waals surface area contributed by atoms with Crippen LogP contribution in [-0.2, 0) is 0 Å². The van der Waals surface area contributed by atoms with Crippen LogP contribution in [0.4, 0.5) is 0 Å². The minimum absolute atomic E-state index is 0.193. The second-order valence-electron chi connectivity index (χ2n) is 11.7. The molecule has 7 rings (SSSR count). The van der Waals surface area contributed by atoms with Crippen LogP contribution in [0.3, 0.4) is 0 Å². The standard InChI is InChI=1S/C39H33N3O/c1-23(2)31-20-28(27-11-7-6-8-12-27)21-32(24(3)4)37(31)42-34-14-10-9-13-33(34)41-39(42)30-17-15-25(5)36-29-18-16-26(22-40)19-35(29)43-38(30)36/h6-21,23-24H,1-5H3/i5D3. The smallest absolute Gasteiger partial charge is 0.149 e. The van der Waals surface area contributed by atoms with Crippen LogP contribution in [0.2, 0.25) is 0 Å². The molecular weight excluding hydrogens is 526 g/mol. The van der Waals surface area contributed by atoms with Crippen molar-refractivity contribution in [1.29, 1.82) is 5.26 Å². The van der Waals surface area contributed by atoms with Crippen LogP contribution in [0.15, 0.2) is 101 Å². The van der Waals surface area contributed by atoms with E-state index in [2.05, 4.69) is 80.8 Å². The maximum Gasteiger partial charge on any atom is 0.149 e. The second-order valence-corrected chi connectivity index (χ2v) is 11.7. The molecule has 0 aliphatic heterocycles. The molecule has 0 atom stereocenters. The number of benzene rings is 5. The fourth-order valence-electron chi connectivity index (χ4n) is 6.17. The predicted octanol–water partition coefficient (Wildman–Crippen LogP) is 10.7. The lowest BCUT2D eigenvalue weighted by Gasteiger charge is -2.24. The van der Waals surface area contributed by atoms with Gasteiger partial charge >= 0.3 is 0 Å². The van der Waals surface area contributed by atoms with Crippen LogP contribution < -0.4 is 0 Å². The van der Waals surface area contributed by atoms with Crippen molar-refractivity contribution >= 4 is 33.0 Å². The lowest BCUT2D eigenvalue weighted by molar-refractivity contribution is 0.669. The second kappa shape index (κ2) is 10.3. The van der Waals surface area contributed by atoms with Gasteiger partial charge in [0.15, 0.2) is 0 Å². The summed E-state index contributed by atoms with van der Waals surface area (Å²) in [5.41, 5.74) is 9.78. The summed E-state index contributed by atoms with van der Waals surface area (Å²) in [5.74, 6) is 1.05. The molecule has 0 aliphatic carbocycles. The van der Waals surface area contributed by atoms with Crippen molar-refractivity contribution in [1.82, 2.24) is 9.55 Å². The summed E-state index contributed by atoms with van der Waals surface area (Å²) in [4.78, 5) is 5.20. The average Bonchev–Trinajstić information content (AvgIpc) is 3.62. The van der Waals surface area contributed by atoms with Gasteiger partial charge in [0.1, 0.15) is 17.0 Å². The number of aryl methyl sites for hydroxylation is 1. The van der Waals surface area contributed by atoms with E-state index < -0.39 is 6.85 Å². The molecule has 4 heteroatoms. The molecule has 0 saturated heterocycles. The first-order valence-corrected chi connectivity index (χ1v) is 14.7. The van der Waals surface area contributed by atoms with E-state index in [-0.39, 0.29) is 17.4 Å². The van der Waals surface area contributed by atoms with E-state index in [1.165, 1.54) is 11.1 Å². The van der Waals surface area contributed by atoms with E-state index in [0.717, 1.165) is 27.8 Å². The summed E-state index contributed by atoms with van der Waals surface area (Å²) in [5, 5.41) is 10.7. The Hall–Kier alpha value is -5.14. The van der Waals surface area contributed by atoms with Gasteiger partial charge in [0, 0.05) is 14.9 Å². The van der Waals surface area contributed by atoms with Gasteiger partial charge in [-0.3, -0.25) is 4.57 Å². The van der Waals surface area contributed by atoms with Gasteiger partial charge in [0.25, 0.3) is 0 Å². The van der Waals surface area contributed by atoms with Gasteiger partial charge < -0.3 is 4.42 Å². The molecule has 0 unspecified atom stereocenters. The van der Waals surface area contributed by atoms with E-state index in [1.54, 1.807) is 24.3 Å². The van der Waals surface area contributed by atoms with Crippen LogP contribution in [0, 0.1) is 18.2 Å². The van der Waals surface area contributed by atoms with Crippen LogP contribution in [0.25, 0.3) is 61.2 Å². The molecule has 210 valence electrons. The summed E-state index contributed by atoms with van der Waals surface area (Å²) in [6, 6.07) is 33.9. The first-order valence-electron chi connectivity index (χ1n) is 16.2. The third kappa shape index (κ3) is 4.32. The quantitative estimate of drug-likeness (QED) is 0.210. The monoisotopic (exact) mass is 562 g/mol. The highest BCUT2D eigenvalue weighted by molar-refractivity contribution is 6.11. The number of fused-ring (bicyclic) bond motifs is 4. The fourth-order valence-corrected chi connectivity index (χ4v) is 6.17. The molecule has 0 aliphatic rings. The number of hydrogen-bond donors (Lipinski definition) is 0. The van der Waals surface area contributed by atoms with Crippen molar-refractivity contribution in [3.8, 4) is 34.3 Å². The topological polar surface area (TPSA) is 54.8 Å². The zero-order valence-corrected chi connectivity index (χ0v) is 24.6. The summed E-state index contributed by atoms with van der Waals surface area (Å²) in [6.07, 6.45) is 0. The zero-order chi connectivity index (χ0) is 32.3. The lowest BCUT2D eigenvalue weighted by Crippen LogP contribution is -2.09. The van der Waals surface area contributed by atoms with E-state index in [1.807, 2.05) is 30.3 Å². The van der Waals surface area contributed by atoms with Crippen molar-refractivity contribution < 1.29 is 8.53 Å². The van der Waals surface area contributed by atoms with E-state index in [9.17, 15) is 5.26 Å². The highest BCUT2D eigenvalue weighted by Gasteiger charge is 2.25. The number of furan rings is 1. The van der Waals surface area contributed by atoms with Gasteiger partial charge in [0.2, 0.25) is 0 Å². The molecule has 0 saturated carbocycles. The van der Waals surface area contributed by atoms with Crippen LogP contribution in [0.5, 0.6) is 0 Å². The molecule has 0 amide bonds. The molecule has 0 N–H and O–H groups in total. The summed E-state index contributed by atoms with van der Waals surface area (Å²) < 4.78 is 33.8. The minimum Gasteiger partial charge on any atom is -0.455 e. The van der Waals surface area contributed by atoms with Gasteiger partial charge in [-0.1, -0.05) is 76.2 Å². The lowest BCUT2D eigenvalue weighted by atomic mass is 9.88. The van der Waals surface area contributed by atoms with Gasteiger partial charge in [-0.05, 0) is 95.0 Å². The number of imidazole rings is 1. The van der Waals surface area contributed by atoms with E-state index in [0.29, 0.717) is 38.9 Å². The highest BCUT2D eigenvalue weighted by Crippen LogP contribution is 2.43. The normalized spacial score (nSPS) is 13.1. The van der Waals surface area contributed by atoms with Crippen molar-refractivity contribution in [2.75, 3.05) is 0 Å². The molecular formula is C39H33N3O. The molecule has 43 heavy (non-hydrogen) atoms. The third-order valence-electron chi connectivity index (χ3n) is 8.30. The Morgan fingerprint density at radius 3 is 2.23 bits per heavy atom. The molecule has 2 aromatic heterocycles. The largest absolute Gasteiger partial charge is 0.455 e. The number of nitrogens with zero attached hydrogens (tertiary/aromatic N) is 3. The third-order valence-corrected chi connectivity index (χ3v) is 8.30. The molecule has 0 spiro atoms. The van der Waals surface area contributed by atoms with Crippen molar-refractivity contribution in [2.45, 2.75) is 46.4 Å². The first kappa shape index (κ1) is 23.4. The number of hydrogen-bond acceptors (Lipinski definition) is 3. The summed E-state index contributed by atoms with van der Waals surface area (Å²) in [7, 11) is 0. The predicted molar refractivity (Wildman–Crippen MR) is 177 cm³/mol. The SMILES string of the molecule is [2H]C([2H])([2H])c1ccc(-c2nc3ccccc3n2-c2c(C(C)C)cc(-c3ccccc3)cc2C(C)C)c2oc3cc(C#N)ccc3c12. The number of para-hydroxylation sites is 2. The number of aromatic nitrogens is 2. The maximum absolute atomic E-state index is 9.57. The molecule has 2 heterocycles. The van der Waals surface area contributed by atoms with Crippen LogP contribution in [0.1, 0.15) is 65.9 Å². The number of rotatable bonds is 5. The average molecular weight is 563 g/mol. The Labute approximate surface area is 256 Å². The Bertz CT molecular complexity index is 2290. The van der Waals surface area contributed by atoms with E-state index in [4.69, 9.17) is 13.5 Å². The molecule has 0 radical (unpaired) electrons. The van der Waals surface area contributed by atoms with Crippen molar-refractivity contribution in [3.05, 3.63) is 119 Å². The highest BCUT2D eigenvalue weighted by atomic mass is 16.3. The van der Waals surface area contributed by atoms with Crippen molar-refractivity contribution in [3.63, 3.8) is 0 Å². The number of nitriles is 1. The fraction of sp³-hybridized carbons (Fsp3) is 0.179. The van der Waals surface area contributed by atoms with E-state index >= 15 is 0 Å². The van der Waals surface area contributed by atoms with Gasteiger partial charge in [0.05, 0.1) is 33.9 Å². The van der Waals surface area contributed by atoms with Gasteiger partial charge in [-0.2, -0.15) is 5.26 Å². The molecule has 7 aromatic rings.